The van der Waals surface area contributed by atoms with E-state index in [9.17, 15) is 4.79 Å². The van der Waals surface area contributed by atoms with Crippen LogP contribution in [0.3, 0.4) is 0 Å². The molecule has 0 bridgehead atoms. The Balaban J connectivity index is 2.34. The Morgan fingerprint density at radius 3 is 2.78 bits per heavy atom. The summed E-state index contributed by atoms with van der Waals surface area (Å²) in [5.41, 5.74) is 6.32. The minimum Gasteiger partial charge on any atom is -0.462 e. The lowest BCUT2D eigenvalue weighted by atomic mass is 10.3. The molecule has 0 spiro atoms. The van der Waals surface area contributed by atoms with Crippen molar-refractivity contribution in [3.05, 3.63) is 30.4 Å². The average molecular weight is 245 g/mol. The Morgan fingerprint density at radius 2 is 2.17 bits per heavy atom. The molecule has 2 aromatic heterocycles. The lowest BCUT2D eigenvalue weighted by Gasteiger charge is -2.05. The molecule has 0 fully saturated rings. The van der Waals surface area contributed by atoms with Crippen molar-refractivity contribution in [3.8, 4) is 11.5 Å². The summed E-state index contributed by atoms with van der Waals surface area (Å²) in [6.45, 7) is 1.98. The van der Waals surface area contributed by atoms with Crippen LogP contribution in [0.25, 0.3) is 11.5 Å². The summed E-state index contributed by atoms with van der Waals surface area (Å²) in [7, 11) is 0. The van der Waals surface area contributed by atoms with Crippen LogP contribution >= 0.6 is 0 Å². The van der Waals surface area contributed by atoms with E-state index in [2.05, 4.69) is 19.9 Å². The van der Waals surface area contributed by atoms with Crippen LogP contribution in [0.15, 0.2) is 24.8 Å². The fraction of sp³-hybridized carbons (Fsp3) is 0.182. The first kappa shape index (κ1) is 11.9. The number of hydrogen-bond acceptors (Lipinski definition) is 7. The number of carbonyl (C=O) groups excluding carboxylic acids is 1. The molecule has 0 aliphatic rings. The van der Waals surface area contributed by atoms with Crippen molar-refractivity contribution < 1.29 is 9.53 Å². The van der Waals surface area contributed by atoms with E-state index < -0.39 is 5.97 Å². The van der Waals surface area contributed by atoms with Crippen LogP contribution in [0, 0.1) is 0 Å². The van der Waals surface area contributed by atoms with Crippen molar-refractivity contribution in [2.45, 2.75) is 6.92 Å². The van der Waals surface area contributed by atoms with Gasteiger partial charge in [-0.1, -0.05) is 0 Å². The lowest BCUT2D eigenvalue weighted by Crippen LogP contribution is -2.11. The first-order valence-corrected chi connectivity index (χ1v) is 5.28. The second-order valence-corrected chi connectivity index (χ2v) is 3.30. The van der Waals surface area contributed by atoms with E-state index in [0.717, 1.165) is 0 Å². The smallest absolute Gasteiger partial charge is 0.343 e. The highest BCUT2D eigenvalue weighted by Gasteiger charge is 2.14. The number of rotatable bonds is 3. The molecule has 2 N–H and O–H groups in total. The van der Waals surface area contributed by atoms with Crippen molar-refractivity contribution in [2.24, 2.45) is 0 Å². The van der Waals surface area contributed by atoms with Crippen LogP contribution in [-0.2, 0) is 4.74 Å². The molecule has 0 aliphatic carbocycles. The molecule has 0 amide bonds. The largest absolute Gasteiger partial charge is 0.462 e. The van der Waals surface area contributed by atoms with Gasteiger partial charge in [-0.25, -0.2) is 19.7 Å². The van der Waals surface area contributed by atoms with Crippen LogP contribution in [0.5, 0.6) is 0 Å². The molecule has 92 valence electrons. The maximum Gasteiger partial charge on any atom is 0.343 e. The number of aromatic nitrogens is 4. The third kappa shape index (κ3) is 2.40. The number of anilines is 1. The second kappa shape index (κ2) is 5.17. The van der Waals surface area contributed by atoms with E-state index in [-0.39, 0.29) is 18.0 Å². The van der Waals surface area contributed by atoms with Crippen molar-refractivity contribution in [1.29, 1.82) is 0 Å². The van der Waals surface area contributed by atoms with E-state index in [0.29, 0.717) is 11.5 Å². The Hall–Kier alpha value is -2.57. The molecular weight excluding hydrogens is 234 g/mol. The highest BCUT2D eigenvalue weighted by atomic mass is 16.5. The zero-order valence-electron chi connectivity index (χ0n) is 9.70. The average Bonchev–Trinajstić information content (AvgIpc) is 2.40. The van der Waals surface area contributed by atoms with Gasteiger partial charge in [0.25, 0.3) is 0 Å². The fourth-order valence-corrected chi connectivity index (χ4v) is 1.30. The van der Waals surface area contributed by atoms with E-state index in [1.165, 1.54) is 18.6 Å². The standard InChI is InChI=1S/C11H11N5O2/c1-2-18-11(17)7-5-15-10(16-9(7)12)8-6-13-3-4-14-8/h3-6H,2H2,1H3,(H2,12,15,16). The van der Waals surface area contributed by atoms with Gasteiger partial charge in [0.15, 0.2) is 5.82 Å². The van der Waals surface area contributed by atoms with Gasteiger partial charge in [0, 0.05) is 18.6 Å². The SMILES string of the molecule is CCOC(=O)c1cnc(-c2cnccn2)nc1N. The summed E-state index contributed by atoms with van der Waals surface area (Å²) in [6.07, 6.45) is 5.90. The van der Waals surface area contributed by atoms with Gasteiger partial charge in [-0.15, -0.1) is 0 Å². The third-order valence-corrected chi connectivity index (χ3v) is 2.11. The van der Waals surface area contributed by atoms with Crippen LogP contribution in [0.2, 0.25) is 0 Å². The first-order chi connectivity index (χ1) is 8.72. The molecule has 2 aromatic rings. The molecule has 0 aromatic carbocycles. The minimum atomic E-state index is -0.541. The fourth-order valence-electron chi connectivity index (χ4n) is 1.30. The first-order valence-electron chi connectivity index (χ1n) is 5.28. The third-order valence-electron chi connectivity index (χ3n) is 2.11. The summed E-state index contributed by atoms with van der Waals surface area (Å²) in [4.78, 5) is 27.5. The molecule has 7 heteroatoms. The normalized spacial score (nSPS) is 10.1. The van der Waals surface area contributed by atoms with Crippen molar-refractivity contribution in [1.82, 2.24) is 19.9 Å². The molecule has 18 heavy (non-hydrogen) atoms. The second-order valence-electron chi connectivity index (χ2n) is 3.30. The van der Waals surface area contributed by atoms with Crippen LogP contribution in [-0.4, -0.2) is 32.5 Å². The molecule has 0 radical (unpaired) electrons. The highest BCUT2D eigenvalue weighted by Crippen LogP contribution is 2.15. The van der Waals surface area contributed by atoms with E-state index in [4.69, 9.17) is 10.5 Å². The van der Waals surface area contributed by atoms with E-state index in [1.807, 2.05) is 0 Å². The van der Waals surface area contributed by atoms with Crippen LogP contribution in [0.4, 0.5) is 5.82 Å². The molecule has 7 nitrogen and oxygen atoms in total. The number of nitrogens with two attached hydrogens (primary N) is 1. The molecule has 0 saturated heterocycles. The summed E-state index contributed by atoms with van der Waals surface area (Å²) in [5, 5.41) is 0. The predicted molar refractivity (Wildman–Crippen MR) is 63.4 cm³/mol. The number of carbonyl (C=O) groups is 1. The van der Waals surface area contributed by atoms with Crippen molar-refractivity contribution in [2.75, 3.05) is 12.3 Å². The highest BCUT2D eigenvalue weighted by molar-refractivity contribution is 5.93. The van der Waals surface area contributed by atoms with Gasteiger partial charge in [0.2, 0.25) is 0 Å². The minimum absolute atomic E-state index is 0.0594. The van der Waals surface area contributed by atoms with E-state index in [1.54, 1.807) is 13.1 Å². The summed E-state index contributed by atoms with van der Waals surface area (Å²) in [5.74, 6) is -0.168. The Bertz CT molecular complexity index is 559. The quantitative estimate of drug-likeness (QED) is 0.793. The molecular formula is C11H11N5O2. The predicted octanol–water partition coefficient (Wildman–Crippen LogP) is 0.693. The molecule has 0 atom stereocenters. The van der Waals surface area contributed by atoms with Crippen LogP contribution in [0.1, 0.15) is 17.3 Å². The maximum atomic E-state index is 11.5. The van der Waals surface area contributed by atoms with Gasteiger partial charge >= 0.3 is 5.97 Å². The Morgan fingerprint density at radius 1 is 1.33 bits per heavy atom. The number of ether oxygens (including phenoxy) is 1. The van der Waals surface area contributed by atoms with E-state index >= 15 is 0 Å². The van der Waals surface area contributed by atoms with Crippen LogP contribution < -0.4 is 5.73 Å². The zero-order chi connectivity index (χ0) is 13.0. The summed E-state index contributed by atoms with van der Waals surface area (Å²) < 4.78 is 4.83. The molecule has 2 rings (SSSR count). The topological polar surface area (TPSA) is 104 Å². The zero-order valence-corrected chi connectivity index (χ0v) is 9.70. The molecule has 0 unspecified atom stereocenters. The monoisotopic (exact) mass is 245 g/mol. The van der Waals surface area contributed by atoms with Gasteiger partial charge in [-0.2, -0.15) is 0 Å². The number of esters is 1. The van der Waals surface area contributed by atoms with Gasteiger partial charge < -0.3 is 10.5 Å². The van der Waals surface area contributed by atoms with Crippen molar-refractivity contribution in [3.63, 3.8) is 0 Å². The van der Waals surface area contributed by atoms with Gasteiger partial charge in [-0.05, 0) is 6.92 Å². The maximum absolute atomic E-state index is 11.5. The number of nitrogens with zero attached hydrogens (tertiary/aromatic N) is 4. The number of nitrogen functional groups attached to an aromatic ring is 1. The Kier molecular flexibility index (Phi) is 3.42. The summed E-state index contributed by atoms with van der Waals surface area (Å²) >= 11 is 0. The lowest BCUT2D eigenvalue weighted by molar-refractivity contribution is 0.0527. The molecule has 2 heterocycles. The molecule has 0 aliphatic heterocycles. The number of hydrogen-bond donors (Lipinski definition) is 1. The Labute approximate surface area is 103 Å². The molecule has 0 saturated carbocycles. The summed E-state index contributed by atoms with van der Waals surface area (Å²) in [6, 6.07) is 0. The van der Waals surface area contributed by atoms with Crippen molar-refractivity contribution >= 4 is 11.8 Å². The van der Waals surface area contributed by atoms with Gasteiger partial charge in [-0.3, -0.25) is 4.98 Å². The van der Waals surface area contributed by atoms with Gasteiger partial charge in [0.1, 0.15) is 17.1 Å². The van der Waals surface area contributed by atoms with Gasteiger partial charge in [0.05, 0.1) is 12.8 Å².